The summed E-state index contributed by atoms with van der Waals surface area (Å²) in [6.45, 7) is 0. The lowest BCUT2D eigenvalue weighted by Crippen LogP contribution is -2.18. The van der Waals surface area contributed by atoms with Crippen LogP contribution in [0.15, 0.2) is 94.9 Å². The summed E-state index contributed by atoms with van der Waals surface area (Å²) in [5.41, 5.74) is 4.03. The molecule has 0 unspecified atom stereocenters. The average molecular weight is 379 g/mol. The summed E-state index contributed by atoms with van der Waals surface area (Å²) in [4.78, 5) is 12.3. The zero-order valence-corrected chi connectivity index (χ0v) is 15.1. The van der Waals surface area contributed by atoms with E-state index in [2.05, 4.69) is 15.2 Å². The molecular weight excluding hydrogens is 362 g/mol. The molecule has 0 aliphatic carbocycles. The highest BCUT2D eigenvalue weighted by atomic mass is 32.2. The van der Waals surface area contributed by atoms with Gasteiger partial charge >= 0.3 is 0 Å². The molecule has 0 fully saturated rings. The minimum atomic E-state index is -3.67. The van der Waals surface area contributed by atoms with Crippen LogP contribution in [0.2, 0.25) is 0 Å². The number of nitrogens with one attached hydrogen (secondary N) is 2. The second kappa shape index (κ2) is 8.29. The highest BCUT2D eigenvalue weighted by molar-refractivity contribution is 7.92. The molecular formula is C20H17N3O3S. The minimum absolute atomic E-state index is 0.169. The maximum atomic E-state index is 12.3. The van der Waals surface area contributed by atoms with Gasteiger partial charge in [-0.3, -0.25) is 9.52 Å². The molecule has 3 aromatic rings. The van der Waals surface area contributed by atoms with E-state index in [1.165, 1.54) is 36.4 Å². The molecule has 0 aliphatic rings. The second-order valence-corrected chi connectivity index (χ2v) is 7.29. The maximum absolute atomic E-state index is 12.3. The van der Waals surface area contributed by atoms with Crippen LogP contribution >= 0.6 is 0 Å². The van der Waals surface area contributed by atoms with E-state index in [1.54, 1.807) is 24.4 Å². The number of sulfonamides is 1. The minimum Gasteiger partial charge on any atom is -0.280 e. The summed E-state index contributed by atoms with van der Waals surface area (Å²) in [7, 11) is -3.67. The van der Waals surface area contributed by atoms with Crippen molar-refractivity contribution in [2.75, 3.05) is 4.72 Å². The fourth-order valence-electron chi connectivity index (χ4n) is 2.27. The van der Waals surface area contributed by atoms with E-state index in [0.29, 0.717) is 11.3 Å². The van der Waals surface area contributed by atoms with E-state index in [9.17, 15) is 13.2 Å². The molecule has 3 aromatic carbocycles. The van der Waals surface area contributed by atoms with Gasteiger partial charge < -0.3 is 0 Å². The summed E-state index contributed by atoms with van der Waals surface area (Å²) in [5, 5.41) is 3.90. The Balaban J connectivity index is 1.63. The molecule has 0 spiro atoms. The van der Waals surface area contributed by atoms with Crippen molar-refractivity contribution in [1.82, 2.24) is 5.43 Å². The van der Waals surface area contributed by atoms with Crippen molar-refractivity contribution >= 4 is 27.8 Å². The van der Waals surface area contributed by atoms with Gasteiger partial charge in [0.15, 0.2) is 0 Å². The van der Waals surface area contributed by atoms with Crippen LogP contribution in [-0.4, -0.2) is 20.5 Å². The van der Waals surface area contributed by atoms with Gasteiger partial charge in [0.2, 0.25) is 0 Å². The molecule has 0 saturated carbocycles. The van der Waals surface area contributed by atoms with E-state index in [4.69, 9.17) is 0 Å². The lowest BCUT2D eigenvalue weighted by molar-refractivity contribution is 0.0955. The zero-order chi connectivity index (χ0) is 19.1. The normalized spacial score (nSPS) is 11.3. The van der Waals surface area contributed by atoms with Crippen LogP contribution in [0.5, 0.6) is 0 Å². The summed E-state index contributed by atoms with van der Waals surface area (Å²) in [6.07, 6.45) is 1.54. The quantitative estimate of drug-likeness (QED) is 0.509. The van der Waals surface area contributed by atoms with Crippen molar-refractivity contribution in [2.24, 2.45) is 5.10 Å². The molecule has 0 saturated heterocycles. The number of hydrazone groups is 1. The van der Waals surface area contributed by atoms with E-state index < -0.39 is 10.0 Å². The fraction of sp³-hybridized carbons (Fsp3) is 0. The Hall–Kier alpha value is -3.45. The lowest BCUT2D eigenvalue weighted by Gasteiger charge is -2.08. The van der Waals surface area contributed by atoms with E-state index >= 15 is 0 Å². The molecule has 0 radical (unpaired) electrons. The number of anilines is 1. The summed E-state index contributed by atoms with van der Waals surface area (Å²) in [6, 6.07) is 23.5. The Labute approximate surface area is 157 Å². The SMILES string of the molecule is O=C(NN=Cc1ccccc1)c1ccc(NS(=O)(=O)c2ccccc2)cc1. The first-order chi connectivity index (χ1) is 13.0. The van der Waals surface area contributed by atoms with Crippen molar-refractivity contribution in [1.29, 1.82) is 0 Å². The molecule has 27 heavy (non-hydrogen) atoms. The van der Waals surface area contributed by atoms with Gasteiger partial charge in [0, 0.05) is 11.3 Å². The van der Waals surface area contributed by atoms with Crippen LogP contribution in [0.1, 0.15) is 15.9 Å². The number of carbonyl (C=O) groups is 1. The third-order valence-corrected chi connectivity index (χ3v) is 5.03. The maximum Gasteiger partial charge on any atom is 0.271 e. The molecule has 136 valence electrons. The van der Waals surface area contributed by atoms with Gasteiger partial charge in [-0.15, -0.1) is 0 Å². The predicted octanol–water partition coefficient (Wildman–Crippen LogP) is 3.25. The summed E-state index contributed by atoms with van der Waals surface area (Å²) in [5.74, 6) is -0.389. The van der Waals surface area contributed by atoms with Gasteiger partial charge in [0.25, 0.3) is 15.9 Å². The van der Waals surface area contributed by atoms with Crippen molar-refractivity contribution in [3.8, 4) is 0 Å². The van der Waals surface area contributed by atoms with Crippen LogP contribution in [-0.2, 0) is 10.0 Å². The van der Waals surface area contributed by atoms with Crippen molar-refractivity contribution < 1.29 is 13.2 Å². The van der Waals surface area contributed by atoms with E-state index in [-0.39, 0.29) is 10.8 Å². The molecule has 1 amide bonds. The Morgan fingerprint density at radius 2 is 1.41 bits per heavy atom. The van der Waals surface area contributed by atoms with E-state index in [0.717, 1.165) is 5.56 Å². The van der Waals surface area contributed by atoms with Gasteiger partial charge in [0.1, 0.15) is 0 Å². The second-order valence-electron chi connectivity index (χ2n) is 5.61. The molecule has 0 atom stereocenters. The Bertz CT molecular complexity index is 1030. The fourth-order valence-corrected chi connectivity index (χ4v) is 3.35. The molecule has 2 N–H and O–H groups in total. The number of nitrogens with zero attached hydrogens (tertiary/aromatic N) is 1. The highest BCUT2D eigenvalue weighted by Crippen LogP contribution is 2.16. The standard InChI is InChI=1S/C20H17N3O3S/c24-20(22-21-15-16-7-3-1-4-8-16)17-11-13-18(14-12-17)23-27(25,26)19-9-5-2-6-10-19/h1-15,23H,(H,22,24). The van der Waals surface area contributed by atoms with Gasteiger partial charge in [0.05, 0.1) is 11.1 Å². The first-order valence-electron chi connectivity index (χ1n) is 8.11. The summed E-state index contributed by atoms with van der Waals surface area (Å²) < 4.78 is 27.1. The van der Waals surface area contributed by atoms with Crippen molar-refractivity contribution in [3.05, 3.63) is 96.1 Å². The Kier molecular flexibility index (Phi) is 5.63. The van der Waals surface area contributed by atoms with Crippen LogP contribution in [0.25, 0.3) is 0 Å². The van der Waals surface area contributed by atoms with Crippen LogP contribution in [0, 0.1) is 0 Å². The molecule has 6 nitrogen and oxygen atoms in total. The van der Waals surface area contributed by atoms with Crippen molar-refractivity contribution in [3.63, 3.8) is 0 Å². The lowest BCUT2D eigenvalue weighted by atomic mass is 10.2. The monoisotopic (exact) mass is 379 g/mol. The van der Waals surface area contributed by atoms with E-state index in [1.807, 2.05) is 30.3 Å². The Morgan fingerprint density at radius 1 is 0.815 bits per heavy atom. The summed E-state index contributed by atoms with van der Waals surface area (Å²) >= 11 is 0. The smallest absolute Gasteiger partial charge is 0.271 e. The zero-order valence-electron chi connectivity index (χ0n) is 14.2. The molecule has 0 bridgehead atoms. The van der Waals surface area contributed by atoms with Crippen molar-refractivity contribution in [2.45, 2.75) is 4.90 Å². The highest BCUT2D eigenvalue weighted by Gasteiger charge is 2.13. The van der Waals surface area contributed by atoms with Gasteiger partial charge in [-0.2, -0.15) is 5.10 Å². The molecule has 7 heteroatoms. The van der Waals surface area contributed by atoms with Crippen LogP contribution in [0.3, 0.4) is 0 Å². The Morgan fingerprint density at radius 3 is 2.04 bits per heavy atom. The third-order valence-electron chi connectivity index (χ3n) is 3.63. The largest absolute Gasteiger partial charge is 0.280 e. The number of hydrogen-bond acceptors (Lipinski definition) is 4. The van der Waals surface area contributed by atoms with Gasteiger partial charge in [-0.1, -0.05) is 48.5 Å². The predicted molar refractivity (Wildman–Crippen MR) is 105 cm³/mol. The third kappa shape index (κ3) is 5.02. The number of hydrogen-bond donors (Lipinski definition) is 2. The topological polar surface area (TPSA) is 87.6 Å². The van der Waals surface area contributed by atoms with Crippen LogP contribution < -0.4 is 10.1 Å². The molecule has 0 heterocycles. The molecule has 3 rings (SSSR count). The number of benzene rings is 3. The van der Waals surface area contributed by atoms with Crippen LogP contribution in [0.4, 0.5) is 5.69 Å². The molecule has 0 aliphatic heterocycles. The molecule has 0 aromatic heterocycles. The first kappa shape index (κ1) is 18.3. The van der Waals surface area contributed by atoms with Gasteiger partial charge in [-0.05, 0) is 42.0 Å². The number of carbonyl (C=O) groups excluding carboxylic acids is 1. The number of amides is 1. The first-order valence-corrected chi connectivity index (χ1v) is 9.59. The van der Waals surface area contributed by atoms with Gasteiger partial charge in [-0.25, -0.2) is 13.8 Å². The average Bonchev–Trinajstić information content (AvgIpc) is 2.70. The number of rotatable bonds is 6.